The molecule has 2 heterocycles. The smallest absolute Gasteiger partial charge is 0.248 e. The van der Waals surface area contributed by atoms with Crippen LogP contribution in [0.4, 0.5) is 0 Å². The number of likely N-dealkylation sites (N-methyl/N-ethyl adjacent to an activating group) is 1. The highest BCUT2D eigenvalue weighted by atomic mass is 16.5. The normalized spacial score (nSPS) is 26.5. The lowest BCUT2D eigenvalue weighted by Gasteiger charge is -2.58. The van der Waals surface area contributed by atoms with Gasteiger partial charge >= 0.3 is 0 Å². The molecule has 1 amide bonds. The van der Waals surface area contributed by atoms with Crippen molar-refractivity contribution in [2.45, 2.75) is 25.3 Å². The largest absolute Gasteiger partial charge is 0.384 e. The number of piperidine rings is 1. The Bertz CT molecular complexity index is 316. The average molecular weight is 270 g/mol. The molecular formula is C14H26N2O3. The fraction of sp³-hybridized carbons (Fsp3) is 0.929. The second kappa shape index (κ2) is 6.20. The maximum atomic E-state index is 11.9. The molecule has 0 bridgehead atoms. The summed E-state index contributed by atoms with van der Waals surface area (Å²) in [5, 5.41) is 0. The minimum atomic E-state index is 0.120. The fourth-order valence-corrected chi connectivity index (χ4v) is 3.28. The Morgan fingerprint density at radius 3 is 2.79 bits per heavy atom. The summed E-state index contributed by atoms with van der Waals surface area (Å²) in [6.07, 6.45) is 2.33. The molecule has 19 heavy (non-hydrogen) atoms. The second-order valence-electron chi connectivity index (χ2n) is 5.85. The number of hydrogen-bond donors (Lipinski definition) is 0. The van der Waals surface area contributed by atoms with Crippen LogP contribution < -0.4 is 0 Å². The molecule has 2 saturated heterocycles. The Labute approximate surface area is 115 Å². The molecule has 2 aliphatic rings. The first-order chi connectivity index (χ1) is 9.11. The molecule has 2 rings (SSSR count). The molecule has 0 unspecified atom stereocenters. The summed E-state index contributed by atoms with van der Waals surface area (Å²) in [4.78, 5) is 16.2. The number of carbonyl (C=O) groups is 1. The highest BCUT2D eigenvalue weighted by molar-refractivity contribution is 5.78. The van der Waals surface area contributed by atoms with Crippen LogP contribution in [0, 0.1) is 5.92 Å². The van der Waals surface area contributed by atoms with Crippen LogP contribution in [-0.4, -0.2) is 74.9 Å². The molecule has 0 radical (unpaired) electrons. The predicted octanol–water partition coefficient (Wildman–Crippen LogP) is 0.592. The first-order valence-electron chi connectivity index (χ1n) is 7.17. The van der Waals surface area contributed by atoms with E-state index in [-0.39, 0.29) is 18.1 Å². The predicted molar refractivity (Wildman–Crippen MR) is 73.0 cm³/mol. The van der Waals surface area contributed by atoms with E-state index in [9.17, 15) is 4.79 Å². The summed E-state index contributed by atoms with van der Waals surface area (Å²) in [6.45, 7) is 6.35. The monoisotopic (exact) mass is 270 g/mol. The number of methoxy groups -OCH3 is 1. The molecule has 5 heteroatoms. The third-order valence-electron chi connectivity index (χ3n) is 4.51. The number of amides is 1. The summed E-state index contributed by atoms with van der Waals surface area (Å²) in [5.41, 5.74) is 0.184. The number of carbonyl (C=O) groups excluding carboxylic acids is 1. The van der Waals surface area contributed by atoms with Crippen LogP contribution in [0.3, 0.4) is 0 Å². The number of nitrogens with zero attached hydrogens (tertiary/aromatic N) is 2. The van der Waals surface area contributed by atoms with Crippen LogP contribution in [0.25, 0.3) is 0 Å². The molecule has 0 aliphatic carbocycles. The van der Waals surface area contributed by atoms with Crippen molar-refractivity contribution in [1.29, 1.82) is 0 Å². The maximum absolute atomic E-state index is 11.9. The highest BCUT2D eigenvalue weighted by Crippen LogP contribution is 2.38. The van der Waals surface area contributed by atoms with Crippen LogP contribution in [0.1, 0.15) is 19.8 Å². The first-order valence-corrected chi connectivity index (χ1v) is 7.17. The maximum Gasteiger partial charge on any atom is 0.248 e. The Kier molecular flexibility index (Phi) is 4.81. The SMILES string of the molecule is CCOCC(=O)N1CC2(C[C@@H](COC)CCN2C)C1. The number of hydrogen-bond acceptors (Lipinski definition) is 4. The van der Waals surface area contributed by atoms with Gasteiger partial charge in [0.05, 0.1) is 5.54 Å². The molecule has 0 saturated carbocycles. The van der Waals surface area contributed by atoms with Gasteiger partial charge in [0.1, 0.15) is 6.61 Å². The van der Waals surface area contributed by atoms with Crippen LogP contribution in [0.2, 0.25) is 0 Å². The molecule has 1 spiro atoms. The minimum absolute atomic E-state index is 0.120. The Morgan fingerprint density at radius 2 is 2.16 bits per heavy atom. The third kappa shape index (κ3) is 3.09. The summed E-state index contributed by atoms with van der Waals surface area (Å²) in [7, 11) is 3.94. The van der Waals surface area contributed by atoms with Crippen LogP contribution in [0.15, 0.2) is 0 Å². The third-order valence-corrected chi connectivity index (χ3v) is 4.51. The van der Waals surface area contributed by atoms with Gasteiger partial charge in [-0.3, -0.25) is 9.69 Å². The van der Waals surface area contributed by atoms with Gasteiger partial charge in [0.15, 0.2) is 0 Å². The van der Waals surface area contributed by atoms with Gasteiger partial charge in [-0.1, -0.05) is 0 Å². The van der Waals surface area contributed by atoms with Crippen molar-refractivity contribution >= 4 is 5.91 Å². The molecule has 110 valence electrons. The molecule has 5 nitrogen and oxygen atoms in total. The quantitative estimate of drug-likeness (QED) is 0.733. The molecule has 2 aliphatic heterocycles. The van der Waals surface area contributed by atoms with Crippen molar-refractivity contribution in [3.05, 3.63) is 0 Å². The number of ether oxygens (including phenoxy) is 2. The minimum Gasteiger partial charge on any atom is -0.384 e. The van der Waals surface area contributed by atoms with E-state index in [0.29, 0.717) is 12.5 Å². The standard InChI is InChI=1S/C14H26N2O3/c1-4-19-9-13(17)16-10-14(11-16)7-12(8-18-3)5-6-15(14)2/h12H,4-11H2,1-3H3/t12-/m0/s1. The zero-order chi connectivity index (χ0) is 13.9. The van der Waals surface area contributed by atoms with Crippen LogP contribution in [-0.2, 0) is 14.3 Å². The molecule has 1 atom stereocenters. The van der Waals surface area contributed by atoms with Crippen molar-refractivity contribution in [2.24, 2.45) is 5.92 Å². The van der Waals surface area contributed by atoms with E-state index < -0.39 is 0 Å². The van der Waals surface area contributed by atoms with E-state index >= 15 is 0 Å². The van der Waals surface area contributed by atoms with Gasteiger partial charge in [-0.25, -0.2) is 0 Å². The van der Waals surface area contributed by atoms with Crippen molar-refractivity contribution in [3.8, 4) is 0 Å². The van der Waals surface area contributed by atoms with Crippen molar-refractivity contribution < 1.29 is 14.3 Å². The van der Waals surface area contributed by atoms with E-state index in [4.69, 9.17) is 9.47 Å². The summed E-state index contributed by atoms with van der Waals surface area (Å²) in [6, 6.07) is 0. The van der Waals surface area contributed by atoms with Gasteiger partial charge in [0, 0.05) is 33.4 Å². The lowest BCUT2D eigenvalue weighted by Crippen LogP contribution is -2.73. The molecule has 0 aromatic rings. The molecule has 0 aromatic carbocycles. The Morgan fingerprint density at radius 1 is 1.42 bits per heavy atom. The zero-order valence-corrected chi connectivity index (χ0v) is 12.4. The van der Waals surface area contributed by atoms with E-state index in [0.717, 1.165) is 32.7 Å². The van der Waals surface area contributed by atoms with Crippen molar-refractivity contribution in [2.75, 3.05) is 53.6 Å². The van der Waals surface area contributed by atoms with Gasteiger partial charge in [-0.05, 0) is 39.3 Å². The number of rotatable bonds is 5. The highest BCUT2D eigenvalue weighted by Gasteiger charge is 2.50. The number of likely N-dealkylation sites (tertiary alicyclic amines) is 2. The second-order valence-corrected chi connectivity index (χ2v) is 5.85. The van der Waals surface area contributed by atoms with Crippen molar-refractivity contribution in [1.82, 2.24) is 9.80 Å². The van der Waals surface area contributed by atoms with Crippen molar-refractivity contribution in [3.63, 3.8) is 0 Å². The van der Waals surface area contributed by atoms with Gasteiger partial charge in [0.2, 0.25) is 5.91 Å². The van der Waals surface area contributed by atoms with E-state index in [1.165, 1.54) is 6.42 Å². The Hall–Kier alpha value is -0.650. The topological polar surface area (TPSA) is 42.0 Å². The van der Waals surface area contributed by atoms with E-state index in [1.807, 2.05) is 11.8 Å². The molecule has 0 N–H and O–H groups in total. The molecule has 2 fully saturated rings. The van der Waals surface area contributed by atoms with Crippen LogP contribution >= 0.6 is 0 Å². The van der Waals surface area contributed by atoms with E-state index in [1.54, 1.807) is 7.11 Å². The van der Waals surface area contributed by atoms with Crippen LogP contribution in [0.5, 0.6) is 0 Å². The lowest BCUT2D eigenvalue weighted by molar-refractivity contribution is -0.155. The zero-order valence-electron chi connectivity index (χ0n) is 12.4. The lowest BCUT2D eigenvalue weighted by atomic mass is 9.75. The molecular weight excluding hydrogens is 244 g/mol. The molecule has 0 aromatic heterocycles. The van der Waals surface area contributed by atoms with Gasteiger partial charge in [-0.2, -0.15) is 0 Å². The summed E-state index contributed by atoms with van der Waals surface area (Å²) >= 11 is 0. The fourth-order valence-electron chi connectivity index (χ4n) is 3.28. The van der Waals surface area contributed by atoms with Gasteiger partial charge in [0.25, 0.3) is 0 Å². The van der Waals surface area contributed by atoms with E-state index in [2.05, 4.69) is 11.9 Å². The summed E-state index contributed by atoms with van der Waals surface area (Å²) < 4.78 is 10.5. The van der Waals surface area contributed by atoms with Gasteiger partial charge in [-0.15, -0.1) is 0 Å². The Balaban J connectivity index is 1.85. The summed E-state index contributed by atoms with van der Waals surface area (Å²) in [5.74, 6) is 0.750. The average Bonchev–Trinajstić information content (AvgIpc) is 2.36. The first kappa shape index (κ1) is 14.8. The van der Waals surface area contributed by atoms with Gasteiger partial charge < -0.3 is 14.4 Å².